The molecular formula is C10H15NO2. The summed E-state index contributed by atoms with van der Waals surface area (Å²) in [4.78, 5) is 0. The Morgan fingerprint density at radius 3 is 2.77 bits per heavy atom. The van der Waals surface area contributed by atoms with Crippen LogP contribution < -0.4 is 10.5 Å². The van der Waals surface area contributed by atoms with Gasteiger partial charge in [-0.15, -0.1) is 0 Å². The van der Waals surface area contributed by atoms with Crippen molar-refractivity contribution in [2.75, 3.05) is 20.8 Å². The largest absolute Gasteiger partial charge is 0.497 e. The van der Waals surface area contributed by atoms with E-state index in [-0.39, 0.29) is 6.04 Å². The summed E-state index contributed by atoms with van der Waals surface area (Å²) < 4.78 is 10.1. The summed E-state index contributed by atoms with van der Waals surface area (Å²) in [6.45, 7) is 0.521. The van der Waals surface area contributed by atoms with E-state index in [9.17, 15) is 0 Å². The molecule has 1 rings (SSSR count). The number of nitrogens with two attached hydrogens (primary N) is 1. The molecule has 0 radical (unpaired) electrons. The highest BCUT2D eigenvalue weighted by Gasteiger charge is 2.05. The Kier molecular flexibility index (Phi) is 3.73. The summed E-state index contributed by atoms with van der Waals surface area (Å²) in [5.41, 5.74) is 6.88. The van der Waals surface area contributed by atoms with Crippen LogP contribution in [-0.4, -0.2) is 20.8 Å². The van der Waals surface area contributed by atoms with E-state index in [0.29, 0.717) is 6.61 Å². The highest BCUT2D eigenvalue weighted by atomic mass is 16.5. The Hall–Kier alpha value is -1.06. The standard InChI is InChI=1S/C10H15NO2/c1-12-7-10(11)8-4-3-5-9(6-8)13-2/h3-6,10H,7,11H2,1-2H3/t10-/m1/s1. The van der Waals surface area contributed by atoms with Crippen LogP contribution in [0, 0.1) is 0 Å². The molecule has 0 unspecified atom stereocenters. The fourth-order valence-electron chi connectivity index (χ4n) is 1.15. The average molecular weight is 181 g/mol. The Balaban J connectivity index is 2.75. The van der Waals surface area contributed by atoms with Crippen molar-refractivity contribution in [3.63, 3.8) is 0 Å². The highest BCUT2D eigenvalue weighted by Crippen LogP contribution is 2.17. The minimum absolute atomic E-state index is 0.0832. The van der Waals surface area contributed by atoms with Gasteiger partial charge in [-0.05, 0) is 17.7 Å². The summed E-state index contributed by atoms with van der Waals surface area (Å²) in [7, 11) is 3.28. The van der Waals surface area contributed by atoms with E-state index >= 15 is 0 Å². The highest BCUT2D eigenvalue weighted by molar-refractivity contribution is 5.30. The number of benzene rings is 1. The lowest BCUT2D eigenvalue weighted by Crippen LogP contribution is -2.15. The van der Waals surface area contributed by atoms with Gasteiger partial charge in [0.15, 0.2) is 0 Å². The van der Waals surface area contributed by atoms with Crippen molar-refractivity contribution in [2.45, 2.75) is 6.04 Å². The number of methoxy groups -OCH3 is 2. The van der Waals surface area contributed by atoms with Crippen molar-refractivity contribution in [1.82, 2.24) is 0 Å². The second-order valence-electron chi connectivity index (χ2n) is 2.84. The van der Waals surface area contributed by atoms with Gasteiger partial charge in [-0.25, -0.2) is 0 Å². The lowest BCUT2D eigenvalue weighted by molar-refractivity contribution is 0.181. The van der Waals surface area contributed by atoms with Gasteiger partial charge in [0.1, 0.15) is 5.75 Å². The molecule has 0 aromatic heterocycles. The van der Waals surface area contributed by atoms with Crippen LogP contribution in [0.4, 0.5) is 0 Å². The molecule has 1 atom stereocenters. The summed E-state index contributed by atoms with van der Waals surface area (Å²) in [6, 6.07) is 7.61. The Labute approximate surface area is 78.5 Å². The molecule has 3 nitrogen and oxygen atoms in total. The first-order valence-corrected chi connectivity index (χ1v) is 4.16. The molecule has 0 aliphatic heterocycles. The minimum Gasteiger partial charge on any atom is -0.497 e. The second-order valence-corrected chi connectivity index (χ2v) is 2.84. The van der Waals surface area contributed by atoms with Crippen LogP contribution in [0.5, 0.6) is 5.75 Å². The molecule has 0 saturated heterocycles. The molecule has 0 aliphatic rings. The topological polar surface area (TPSA) is 44.5 Å². The fraction of sp³-hybridized carbons (Fsp3) is 0.400. The minimum atomic E-state index is -0.0832. The van der Waals surface area contributed by atoms with Crippen LogP contribution in [0.15, 0.2) is 24.3 Å². The zero-order valence-electron chi connectivity index (χ0n) is 7.99. The van der Waals surface area contributed by atoms with Crippen LogP contribution in [0.1, 0.15) is 11.6 Å². The maximum atomic E-state index is 5.85. The molecule has 0 aliphatic carbocycles. The smallest absolute Gasteiger partial charge is 0.119 e. The van der Waals surface area contributed by atoms with E-state index in [1.807, 2.05) is 24.3 Å². The lowest BCUT2D eigenvalue weighted by Gasteiger charge is -2.11. The lowest BCUT2D eigenvalue weighted by atomic mass is 10.1. The number of rotatable bonds is 4. The van der Waals surface area contributed by atoms with E-state index < -0.39 is 0 Å². The second kappa shape index (κ2) is 4.84. The molecule has 3 heteroatoms. The van der Waals surface area contributed by atoms with Gasteiger partial charge in [-0.1, -0.05) is 12.1 Å². The third kappa shape index (κ3) is 2.72. The van der Waals surface area contributed by atoms with Crippen molar-refractivity contribution in [3.05, 3.63) is 29.8 Å². The predicted molar refractivity (Wildman–Crippen MR) is 51.8 cm³/mol. The normalized spacial score (nSPS) is 12.5. The first-order chi connectivity index (χ1) is 6.27. The molecule has 0 heterocycles. The molecule has 0 fully saturated rings. The Bertz CT molecular complexity index is 263. The quantitative estimate of drug-likeness (QED) is 0.762. The van der Waals surface area contributed by atoms with Gasteiger partial charge in [0.2, 0.25) is 0 Å². The fourth-order valence-corrected chi connectivity index (χ4v) is 1.15. The van der Waals surface area contributed by atoms with Crippen LogP contribution in [-0.2, 0) is 4.74 Å². The summed E-state index contributed by atoms with van der Waals surface area (Å²) in [5, 5.41) is 0. The van der Waals surface area contributed by atoms with Gasteiger partial charge in [-0.3, -0.25) is 0 Å². The van der Waals surface area contributed by atoms with Crippen molar-refractivity contribution in [1.29, 1.82) is 0 Å². The third-order valence-corrected chi connectivity index (χ3v) is 1.87. The van der Waals surface area contributed by atoms with Crippen LogP contribution >= 0.6 is 0 Å². The van der Waals surface area contributed by atoms with Gasteiger partial charge in [0, 0.05) is 7.11 Å². The molecule has 0 spiro atoms. The van der Waals surface area contributed by atoms with Gasteiger partial charge < -0.3 is 15.2 Å². The first kappa shape index (κ1) is 10.0. The molecule has 0 amide bonds. The van der Waals surface area contributed by atoms with Gasteiger partial charge in [-0.2, -0.15) is 0 Å². The number of hydrogen-bond acceptors (Lipinski definition) is 3. The van der Waals surface area contributed by atoms with Gasteiger partial charge >= 0.3 is 0 Å². The zero-order valence-corrected chi connectivity index (χ0v) is 7.99. The maximum Gasteiger partial charge on any atom is 0.119 e. The van der Waals surface area contributed by atoms with E-state index in [1.54, 1.807) is 14.2 Å². The number of hydrogen-bond donors (Lipinski definition) is 1. The SMILES string of the molecule is COC[C@@H](N)c1cccc(OC)c1. The monoisotopic (exact) mass is 181 g/mol. The first-order valence-electron chi connectivity index (χ1n) is 4.16. The summed E-state index contributed by atoms with van der Waals surface area (Å²) in [5.74, 6) is 0.823. The van der Waals surface area contributed by atoms with Gasteiger partial charge in [0.25, 0.3) is 0 Å². The van der Waals surface area contributed by atoms with Crippen molar-refractivity contribution in [3.8, 4) is 5.75 Å². The molecule has 1 aromatic carbocycles. The average Bonchev–Trinajstić information content (AvgIpc) is 2.18. The third-order valence-electron chi connectivity index (χ3n) is 1.87. The van der Waals surface area contributed by atoms with Crippen LogP contribution in [0.2, 0.25) is 0 Å². The zero-order chi connectivity index (χ0) is 9.68. The van der Waals surface area contributed by atoms with Crippen LogP contribution in [0.25, 0.3) is 0 Å². The molecule has 72 valence electrons. The molecule has 13 heavy (non-hydrogen) atoms. The predicted octanol–water partition coefficient (Wildman–Crippen LogP) is 1.34. The van der Waals surface area contributed by atoms with Crippen molar-refractivity contribution >= 4 is 0 Å². The van der Waals surface area contributed by atoms with Gasteiger partial charge in [0.05, 0.1) is 19.8 Å². The molecule has 0 saturated carbocycles. The number of ether oxygens (including phenoxy) is 2. The molecular weight excluding hydrogens is 166 g/mol. The van der Waals surface area contributed by atoms with Crippen molar-refractivity contribution < 1.29 is 9.47 Å². The van der Waals surface area contributed by atoms with E-state index in [2.05, 4.69) is 0 Å². The Morgan fingerprint density at radius 1 is 1.38 bits per heavy atom. The van der Waals surface area contributed by atoms with E-state index in [1.165, 1.54) is 0 Å². The molecule has 0 bridgehead atoms. The molecule has 1 aromatic rings. The van der Waals surface area contributed by atoms with E-state index in [0.717, 1.165) is 11.3 Å². The Morgan fingerprint density at radius 2 is 2.15 bits per heavy atom. The van der Waals surface area contributed by atoms with E-state index in [4.69, 9.17) is 15.2 Å². The maximum absolute atomic E-state index is 5.85. The molecule has 2 N–H and O–H groups in total. The van der Waals surface area contributed by atoms with Crippen LogP contribution in [0.3, 0.4) is 0 Å². The summed E-state index contributed by atoms with van der Waals surface area (Å²) in [6.07, 6.45) is 0. The van der Waals surface area contributed by atoms with Crippen molar-refractivity contribution in [2.24, 2.45) is 5.73 Å². The summed E-state index contributed by atoms with van der Waals surface area (Å²) >= 11 is 0.